The summed E-state index contributed by atoms with van der Waals surface area (Å²) in [4.78, 5) is 19.6. The summed E-state index contributed by atoms with van der Waals surface area (Å²) in [5.41, 5.74) is 3.44. The molecule has 0 saturated carbocycles. The monoisotopic (exact) mass is 363 g/mol. The zero-order chi connectivity index (χ0) is 18.8. The normalized spacial score (nSPS) is 15.3. The van der Waals surface area contributed by atoms with Crippen LogP contribution in [0, 0.1) is 6.92 Å². The van der Waals surface area contributed by atoms with Gasteiger partial charge in [-0.3, -0.25) is 4.79 Å². The molecule has 0 unspecified atom stereocenters. The van der Waals surface area contributed by atoms with Crippen LogP contribution in [0.1, 0.15) is 47.4 Å². The number of carbonyl (C=O) groups is 1. The number of hydrogen-bond acceptors (Lipinski definition) is 4. The van der Waals surface area contributed by atoms with Crippen molar-refractivity contribution in [3.63, 3.8) is 0 Å². The highest BCUT2D eigenvalue weighted by Crippen LogP contribution is 2.24. The SMILES string of the molecule is Cc1cn2nc(C(=O)NC[C@H](C)c3ccccc3)cc2c(N2CCCC2)n1. The van der Waals surface area contributed by atoms with Crippen LogP contribution in [0.2, 0.25) is 0 Å². The molecule has 1 aromatic carbocycles. The van der Waals surface area contributed by atoms with Gasteiger partial charge in [0.2, 0.25) is 0 Å². The molecule has 0 radical (unpaired) electrons. The molecule has 1 fully saturated rings. The molecule has 1 saturated heterocycles. The van der Waals surface area contributed by atoms with E-state index in [0.29, 0.717) is 12.2 Å². The number of nitrogens with zero attached hydrogens (tertiary/aromatic N) is 4. The molecule has 0 bridgehead atoms. The second-order valence-corrected chi connectivity index (χ2v) is 7.28. The third-order valence-electron chi connectivity index (χ3n) is 5.13. The summed E-state index contributed by atoms with van der Waals surface area (Å²) in [6, 6.07) is 12.1. The summed E-state index contributed by atoms with van der Waals surface area (Å²) in [5, 5.41) is 7.51. The molecule has 1 atom stereocenters. The van der Waals surface area contributed by atoms with Crippen LogP contribution in [0.25, 0.3) is 5.52 Å². The fraction of sp³-hybridized carbons (Fsp3) is 0.381. The smallest absolute Gasteiger partial charge is 0.271 e. The molecule has 0 aliphatic carbocycles. The molecule has 1 N–H and O–H groups in total. The van der Waals surface area contributed by atoms with E-state index >= 15 is 0 Å². The maximum Gasteiger partial charge on any atom is 0.271 e. The zero-order valence-electron chi connectivity index (χ0n) is 15.9. The lowest BCUT2D eigenvalue weighted by atomic mass is 10.0. The molecule has 6 nitrogen and oxygen atoms in total. The molecular weight excluding hydrogens is 338 g/mol. The van der Waals surface area contributed by atoms with Gasteiger partial charge in [-0.05, 0) is 31.2 Å². The van der Waals surface area contributed by atoms with Crippen LogP contribution < -0.4 is 10.2 Å². The Morgan fingerprint density at radius 3 is 2.70 bits per heavy atom. The van der Waals surface area contributed by atoms with Gasteiger partial charge in [-0.15, -0.1) is 0 Å². The fourth-order valence-electron chi connectivity index (χ4n) is 3.60. The standard InChI is InChI=1S/C21H25N5O/c1-15(17-8-4-3-5-9-17)13-22-21(27)18-12-19-20(25-10-6-7-11-25)23-16(2)14-26(19)24-18/h3-5,8-9,12,14-15H,6-7,10-11,13H2,1-2H3,(H,22,27)/t15-/m0/s1. The lowest BCUT2D eigenvalue weighted by molar-refractivity contribution is 0.0946. The Kier molecular flexibility index (Phi) is 4.79. The highest BCUT2D eigenvalue weighted by Gasteiger charge is 2.20. The number of aryl methyl sites for hydroxylation is 1. The summed E-state index contributed by atoms with van der Waals surface area (Å²) in [7, 11) is 0. The van der Waals surface area contributed by atoms with Gasteiger partial charge in [0.1, 0.15) is 5.52 Å². The minimum Gasteiger partial charge on any atom is -0.355 e. The van der Waals surface area contributed by atoms with E-state index < -0.39 is 0 Å². The quantitative estimate of drug-likeness (QED) is 0.756. The van der Waals surface area contributed by atoms with Gasteiger partial charge in [-0.25, -0.2) is 9.50 Å². The number of amides is 1. The van der Waals surface area contributed by atoms with Crippen LogP contribution >= 0.6 is 0 Å². The number of anilines is 1. The molecule has 3 aromatic rings. The van der Waals surface area contributed by atoms with E-state index in [9.17, 15) is 4.79 Å². The second kappa shape index (κ2) is 7.39. The van der Waals surface area contributed by atoms with Crippen LogP contribution in [0.5, 0.6) is 0 Å². The predicted molar refractivity (Wildman–Crippen MR) is 106 cm³/mol. The van der Waals surface area contributed by atoms with Gasteiger partial charge in [0.25, 0.3) is 5.91 Å². The van der Waals surface area contributed by atoms with Gasteiger partial charge >= 0.3 is 0 Å². The first-order valence-electron chi connectivity index (χ1n) is 9.57. The summed E-state index contributed by atoms with van der Waals surface area (Å²) in [6.07, 6.45) is 4.24. The van der Waals surface area contributed by atoms with Crippen molar-refractivity contribution in [1.29, 1.82) is 0 Å². The maximum atomic E-state index is 12.6. The minimum absolute atomic E-state index is 0.147. The Morgan fingerprint density at radius 1 is 1.22 bits per heavy atom. The molecular formula is C21H25N5O. The molecule has 1 aliphatic rings. The van der Waals surface area contributed by atoms with Crippen molar-refractivity contribution in [2.24, 2.45) is 0 Å². The Morgan fingerprint density at radius 2 is 1.96 bits per heavy atom. The summed E-state index contributed by atoms with van der Waals surface area (Å²) in [5.74, 6) is 1.03. The maximum absolute atomic E-state index is 12.6. The lowest BCUT2D eigenvalue weighted by Gasteiger charge is -2.17. The molecule has 4 rings (SSSR count). The zero-order valence-corrected chi connectivity index (χ0v) is 15.9. The van der Waals surface area contributed by atoms with Crippen molar-refractivity contribution < 1.29 is 4.79 Å². The van der Waals surface area contributed by atoms with Crippen LogP contribution in [0.3, 0.4) is 0 Å². The summed E-state index contributed by atoms with van der Waals surface area (Å²) in [6.45, 7) is 6.66. The molecule has 6 heteroatoms. The van der Waals surface area contributed by atoms with Crippen LogP contribution in [-0.4, -0.2) is 40.1 Å². The lowest BCUT2D eigenvalue weighted by Crippen LogP contribution is -2.27. The number of rotatable bonds is 5. The predicted octanol–water partition coefficient (Wildman–Crippen LogP) is 3.17. The number of aromatic nitrogens is 3. The average molecular weight is 363 g/mol. The molecule has 27 heavy (non-hydrogen) atoms. The molecule has 2 aromatic heterocycles. The Labute approximate surface area is 159 Å². The Balaban J connectivity index is 1.53. The first-order valence-corrected chi connectivity index (χ1v) is 9.57. The van der Waals surface area contributed by atoms with Gasteiger partial charge < -0.3 is 10.2 Å². The molecule has 1 aliphatic heterocycles. The Bertz CT molecular complexity index is 944. The van der Waals surface area contributed by atoms with Crippen LogP contribution in [-0.2, 0) is 0 Å². The van der Waals surface area contributed by atoms with Crippen molar-refractivity contribution in [3.8, 4) is 0 Å². The van der Waals surface area contributed by atoms with E-state index in [1.54, 1.807) is 4.52 Å². The van der Waals surface area contributed by atoms with Crippen molar-refractivity contribution in [2.75, 3.05) is 24.5 Å². The molecule has 3 heterocycles. The van der Waals surface area contributed by atoms with Crippen LogP contribution in [0.4, 0.5) is 5.82 Å². The van der Waals surface area contributed by atoms with E-state index in [-0.39, 0.29) is 11.8 Å². The van der Waals surface area contributed by atoms with Gasteiger partial charge in [0, 0.05) is 25.7 Å². The van der Waals surface area contributed by atoms with E-state index in [4.69, 9.17) is 4.98 Å². The highest BCUT2D eigenvalue weighted by atomic mass is 16.1. The van der Waals surface area contributed by atoms with Crippen LogP contribution in [0.15, 0.2) is 42.6 Å². The minimum atomic E-state index is -0.147. The second-order valence-electron chi connectivity index (χ2n) is 7.28. The van der Waals surface area contributed by atoms with Crippen molar-refractivity contribution in [3.05, 3.63) is 59.5 Å². The molecule has 1 amide bonds. The van der Waals surface area contributed by atoms with E-state index in [0.717, 1.165) is 30.1 Å². The van der Waals surface area contributed by atoms with Gasteiger partial charge in [0.05, 0.1) is 11.9 Å². The molecule has 0 spiro atoms. The molecule has 140 valence electrons. The van der Waals surface area contributed by atoms with Crippen molar-refractivity contribution >= 4 is 17.2 Å². The summed E-state index contributed by atoms with van der Waals surface area (Å²) >= 11 is 0. The van der Waals surface area contributed by atoms with Gasteiger partial charge in [-0.1, -0.05) is 37.3 Å². The van der Waals surface area contributed by atoms with Crippen molar-refractivity contribution in [1.82, 2.24) is 19.9 Å². The number of nitrogens with one attached hydrogen (secondary N) is 1. The number of hydrogen-bond donors (Lipinski definition) is 1. The number of fused-ring (bicyclic) bond motifs is 1. The van der Waals surface area contributed by atoms with Gasteiger partial charge in [0.15, 0.2) is 11.5 Å². The van der Waals surface area contributed by atoms with Crippen molar-refractivity contribution in [2.45, 2.75) is 32.6 Å². The van der Waals surface area contributed by atoms with E-state index in [2.05, 4.69) is 34.4 Å². The number of carbonyl (C=O) groups excluding carboxylic acids is 1. The third-order valence-corrected chi connectivity index (χ3v) is 5.13. The topological polar surface area (TPSA) is 62.5 Å². The van der Waals surface area contributed by atoms with E-state index in [1.807, 2.05) is 37.4 Å². The summed E-state index contributed by atoms with van der Waals surface area (Å²) < 4.78 is 1.78. The first kappa shape index (κ1) is 17.5. The largest absolute Gasteiger partial charge is 0.355 e. The average Bonchev–Trinajstić information content (AvgIpc) is 3.35. The highest BCUT2D eigenvalue weighted by molar-refractivity contribution is 5.94. The van der Waals surface area contributed by atoms with Gasteiger partial charge in [-0.2, -0.15) is 5.10 Å². The number of benzene rings is 1. The van der Waals surface area contributed by atoms with E-state index in [1.165, 1.54) is 18.4 Å². The fourth-order valence-corrected chi connectivity index (χ4v) is 3.60. The first-order chi connectivity index (χ1) is 13.1. The Hall–Kier alpha value is -2.89. The third kappa shape index (κ3) is 3.65.